The summed E-state index contributed by atoms with van der Waals surface area (Å²) in [4.78, 5) is 12.7. The smallest absolute Gasteiger partial charge is 0.255 e. The van der Waals surface area contributed by atoms with Crippen LogP contribution in [-0.2, 0) is 0 Å². The van der Waals surface area contributed by atoms with Crippen molar-refractivity contribution in [3.8, 4) is 11.3 Å². The van der Waals surface area contributed by atoms with Crippen molar-refractivity contribution in [2.24, 2.45) is 0 Å². The van der Waals surface area contributed by atoms with Crippen LogP contribution in [0.3, 0.4) is 0 Å². The molecule has 25 heavy (non-hydrogen) atoms. The second-order valence-corrected chi connectivity index (χ2v) is 6.40. The second kappa shape index (κ2) is 6.18. The predicted octanol–water partition coefficient (Wildman–Crippen LogP) is 1.69. The lowest BCUT2D eigenvalue weighted by Crippen LogP contribution is -2.56. The van der Waals surface area contributed by atoms with E-state index < -0.39 is 6.10 Å². The summed E-state index contributed by atoms with van der Waals surface area (Å²) in [5.74, 6) is -0.210. The van der Waals surface area contributed by atoms with E-state index in [1.807, 2.05) is 43.5 Å². The summed E-state index contributed by atoms with van der Waals surface area (Å²) in [5.41, 5.74) is 3.09. The van der Waals surface area contributed by atoms with E-state index in [2.05, 4.69) is 20.6 Å². The minimum Gasteiger partial charge on any atom is -0.391 e. The average molecular weight is 337 g/mol. The number of aromatic nitrogens is 4. The third-order valence-electron chi connectivity index (χ3n) is 4.60. The maximum Gasteiger partial charge on any atom is 0.255 e. The lowest BCUT2D eigenvalue weighted by molar-refractivity contribution is -0.00589. The zero-order chi connectivity index (χ0) is 17.4. The van der Waals surface area contributed by atoms with E-state index in [4.69, 9.17) is 0 Å². The van der Waals surface area contributed by atoms with Gasteiger partial charge in [-0.15, -0.1) is 0 Å². The highest BCUT2D eigenvalue weighted by Gasteiger charge is 2.43. The number of hydrogen-bond acceptors (Lipinski definition) is 4. The fourth-order valence-corrected chi connectivity index (χ4v) is 3.24. The number of amides is 1. The summed E-state index contributed by atoms with van der Waals surface area (Å²) in [5, 5.41) is 24.2. The van der Waals surface area contributed by atoms with Crippen molar-refractivity contribution in [1.29, 1.82) is 0 Å². The Morgan fingerprint density at radius 2 is 2.12 bits per heavy atom. The molecule has 1 aliphatic rings. The topological polar surface area (TPSA) is 95.8 Å². The van der Waals surface area contributed by atoms with E-state index in [1.165, 1.54) is 6.20 Å². The molecule has 2 heterocycles. The van der Waals surface area contributed by atoms with Crippen molar-refractivity contribution in [3.05, 3.63) is 60.0 Å². The molecule has 0 bridgehead atoms. The number of H-pyrrole nitrogens is 1. The van der Waals surface area contributed by atoms with Gasteiger partial charge in [0.1, 0.15) is 0 Å². The molecule has 0 saturated heterocycles. The van der Waals surface area contributed by atoms with E-state index >= 15 is 0 Å². The monoisotopic (exact) mass is 337 g/mol. The minimum atomic E-state index is -0.512. The van der Waals surface area contributed by atoms with Crippen molar-refractivity contribution < 1.29 is 9.90 Å². The number of nitrogens with one attached hydrogen (secondary N) is 2. The predicted molar refractivity (Wildman–Crippen MR) is 91.9 cm³/mol. The van der Waals surface area contributed by atoms with Gasteiger partial charge in [0.25, 0.3) is 5.91 Å². The Hall–Kier alpha value is -2.93. The Kier molecular flexibility index (Phi) is 3.85. The highest BCUT2D eigenvalue weighted by Crippen LogP contribution is 2.33. The van der Waals surface area contributed by atoms with Crippen molar-refractivity contribution >= 4 is 5.91 Å². The molecule has 7 nitrogen and oxygen atoms in total. The molecule has 0 unspecified atom stereocenters. The van der Waals surface area contributed by atoms with Gasteiger partial charge in [0, 0.05) is 11.8 Å². The number of aryl methyl sites for hydroxylation is 1. The molecule has 1 saturated carbocycles. The molecule has 0 spiro atoms. The standard InChI is InChI=1S/C18H19N5O2/c1-11-8-20-23(10-11)17-14(7-15(17)24)21-18(25)13-9-19-22-16(13)12-5-3-2-4-6-12/h2-6,8-10,14-15,17,24H,7H2,1H3,(H,19,22)(H,21,25)/t14-,15+,17+/m0/s1. The SMILES string of the molecule is Cc1cnn([C@H]2[C@H](O)C[C@@H]2NC(=O)c2cn[nH]c2-c2ccccc2)c1. The number of hydrogen-bond donors (Lipinski definition) is 3. The Morgan fingerprint density at radius 1 is 1.32 bits per heavy atom. The molecule has 1 aliphatic carbocycles. The van der Waals surface area contributed by atoms with Crippen LogP contribution in [0.4, 0.5) is 0 Å². The maximum absolute atomic E-state index is 12.7. The summed E-state index contributed by atoms with van der Waals surface area (Å²) in [6, 6.07) is 9.18. The van der Waals surface area contributed by atoms with Crippen molar-refractivity contribution in [3.63, 3.8) is 0 Å². The van der Waals surface area contributed by atoms with Gasteiger partial charge in [-0.2, -0.15) is 10.2 Å². The summed E-state index contributed by atoms with van der Waals surface area (Å²) >= 11 is 0. The first kappa shape index (κ1) is 15.6. The molecule has 1 aromatic carbocycles. The number of carbonyl (C=O) groups excluding carboxylic acids is 1. The number of aliphatic hydroxyl groups is 1. The normalized spacial score (nSPS) is 22.4. The first-order chi connectivity index (χ1) is 12.1. The molecule has 0 radical (unpaired) electrons. The van der Waals surface area contributed by atoms with Crippen LogP contribution < -0.4 is 5.32 Å². The number of aliphatic hydroxyl groups excluding tert-OH is 1. The van der Waals surface area contributed by atoms with E-state index in [0.29, 0.717) is 17.7 Å². The minimum absolute atomic E-state index is 0.166. The Labute approximate surface area is 144 Å². The quantitative estimate of drug-likeness (QED) is 0.675. The number of carbonyl (C=O) groups is 1. The summed E-state index contributed by atoms with van der Waals surface area (Å²) < 4.78 is 1.72. The van der Waals surface area contributed by atoms with E-state index in [9.17, 15) is 9.90 Å². The zero-order valence-corrected chi connectivity index (χ0v) is 13.8. The largest absolute Gasteiger partial charge is 0.391 e. The molecule has 3 aromatic rings. The summed E-state index contributed by atoms with van der Waals surface area (Å²) in [6.07, 6.45) is 5.14. The molecule has 0 aliphatic heterocycles. The fraction of sp³-hybridized carbons (Fsp3) is 0.278. The van der Waals surface area contributed by atoms with Gasteiger partial charge in [0.2, 0.25) is 0 Å². The van der Waals surface area contributed by atoms with Gasteiger partial charge in [-0.3, -0.25) is 14.6 Å². The number of benzene rings is 1. The second-order valence-electron chi connectivity index (χ2n) is 6.40. The van der Waals surface area contributed by atoms with Gasteiger partial charge < -0.3 is 10.4 Å². The van der Waals surface area contributed by atoms with Crippen LogP contribution in [0.2, 0.25) is 0 Å². The molecule has 1 amide bonds. The van der Waals surface area contributed by atoms with Gasteiger partial charge in [0.05, 0.1) is 41.8 Å². The Balaban J connectivity index is 1.53. The Morgan fingerprint density at radius 3 is 2.80 bits per heavy atom. The van der Waals surface area contributed by atoms with Crippen LogP contribution in [0.15, 0.2) is 48.9 Å². The third kappa shape index (κ3) is 2.83. The maximum atomic E-state index is 12.7. The number of nitrogens with zero attached hydrogens (tertiary/aromatic N) is 3. The van der Waals surface area contributed by atoms with E-state index in [-0.39, 0.29) is 18.0 Å². The third-order valence-corrected chi connectivity index (χ3v) is 4.60. The van der Waals surface area contributed by atoms with Crippen LogP contribution in [-0.4, -0.2) is 43.1 Å². The highest BCUT2D eigenvalue weighted by molar-refractivity contribution is 6.00. The van der Waals surface area contributed by atoms with Crippen molar-refractivity contribution in [1.82, 2.24) is 25.3 Å². The summed E-state index contributed by atoms with van der Waals surface area (Å²) in [6.45, 7) is 1.94. The van der Waals surface area contributed by atoms with Gasteiger partial charge in [0.15, 0.2) is 0 Å². The first-order valence-corrected chi connectivity index (χ1v) is 8.22. The summed E-state index contributed by atoms with van der Waals surface area (Å²) in [7, 11) is 0. The molecule has 1 fully saturated rings. The van der Waals surface area contributed by atoms with E-state index in [0.717, 1.165) is 11.1 Å². The lowest BCUT2D eigenvalue weighted by Gasteiger charge is -2.41. The molecular weight excluding hydrogens is 318 g/mol. The molecule has 128 valence electrons. The van der Waals surface area contributed by atoms with Gasteiger partial charge in [-0.05, 0) is 18.9 Å². The molecule has 3 N–H and O–H groups in total. The fourth-order valence-electron chi connectivity index (χ4n) is 3.24. The van der Waals surface area contributed by atoms with Crippen LogP contribution in [0.25, 0.3) is 11.3 Å². The van der Waals surface area contributed by atoms with E-state index in [1.54, 1.807) is 10.9 Å². The first-order valence-electron chi connectivity index (χ1n) is 8.22. The van der Waals surface area contributed by atoms with Crippen LogP contribution >= 0.6 is 0 Å². The highest BCUT2D eigenvalue weighted by atomic mass is 16.3. The molecule has 2 aromatic heterocycles. The van der Waals surface area contributed by atoms with Gasteiger partial charge in [-0.1, -0.05) is 30.3 Å². The van der Waals surface area contributed by atoms with Gasteiger partial charge in [-0.25, -0.2) is 0 Å². The number of rotatable bonds is 4. The molecule has 7 heteroatoms. The van der Waals surface area contributed by atoms with Crippen LogP contribution in [0.1, 0.15) is 28.4 Å². The van der Waals surface area contributed by atoms with Gasteiger partial charge >= 0.3 is 0 Å². The van der Waals surface area contributed by atoms with Crippen LogP contribution in [0.5, 0.6) is 0 Å². The number of aromatic amines is 1. The molecule has 4 rings (SSSR count). The Bertz CT molecular complexity index is 886. The average Bonchev–Trinajstić information content (AvgIpc) is 3.24. The zero-order valence-electron chi connectivity index (χ0n) is 13.8. The molecule has 3 atom stereocenters. The van der Waals surface area contributed by atoms with Crippen molar-refractivity contribution in [2.75, 3.05) is 0 Å². The lowest BCUT2D eigenvalue weighted by atomic mass is 9.83. The van der Waals surface area contributed by atoms with Crippen molar-refractivity contribution in [2.45, 2.75) is 31.5 Å². The van der Waals surface area contributed by atoms with Crippen LogP contribution in [0, 0.1) is 6.92 Å². The molecular formula is C18H19N5O2.